The maximum absolute atomic E-state index is 7.11. The number of rotatable bonds is 9. The Labute approximate surface area is 260 Å². The topological polar surface area (TPSA) is 6.25 Å². The van der Waals surface area contributed by atoms with Crippen molar-refractivity contribution >= 4 is 28.7 Å². The third kappa shape index (κ3) is 5.48. The number of fused-ring (bicyclic) bond motifs is 2. The summed E-state index contributed by atoms with van der Waals surface area (Å²) < 4.78 is 2.55. The molecule has 0 bridgehead atoms. The molecule has 0 saturated carbocycles. The van der Waals surface area contributed by atoms with Crippen LogP contribution in [0.2, 0.25) is 0 Å². The lowest BCUT2D eigenvalue weighted by Crippen LogP contribution is -2.28. The van der Waals surface area contributed by atoms with E-state index in [2.05, 4.69) is 126 Å². The predicted molar refractivity (Wildman–Crippen MR) is 183 cm³/mol. The average molecular weight is 582 g/mol. The highest BCUT2D eigenvalue weighted by Crippen LogP contribution is 2.48. The molecular weight excluding hydrogens is 532 g/mol. The molecule has 2 aromatic carbocycles. The summed E-state index contributed by atoms with van der Waals surface area (Å²) in [6.07, 6.45) is 16.0. The first-order chi connectivity index (χ1) is 20.0. The fourth-order valence-corrected chi connectivity index (χ4v) is 7.39. The molecule has 0 atom stereocenters. The molecule has 0 aromatic heterocycles. The molecular formula is C39H50ClN2+. The van der Waals surface area contributed by atoms with Crippen LogP contribution in [-0.2, 0) is 10.8 Å². The van der Waals surface area contributed by atoms with Gasteiger partial charge in [-0.2, -0.15) is 4.58 Å². The first-order valence-corrected chi connectivity index (χ1v) is 16.5. The Bertz CT molecular complexity index is 1530. The van der Waals surface area contributed by atoms with Gasteiger partial charge in [0.15, 0.2) is 5.71 Å². The number of nitrogens with zero attached hydrogens (tertiary/aromatic N) is 2. The minimum Gasteiger partial charge on any atom is -0.344 e. The van der Waals surface area contributed by atoms with Gasteiger partial charge in [-0.15, -0.1) is 0 Å². The zero-order valence-corrected chi connectivity index (χ0v) is 28.0. The zero-order valence-electron chi connectivity index (χ0n) is 27.2. The Kier molecular flexibility index (Phi) is 8.77. The van der Waals surface area contributed by atoms with E-state index in [1.165, 1.54) is 81.9 Å². The van der Waals surface area contributed by atoms with E-state index < -0.39 is 0 Å². The first-order valence-electron chi connectivity index (χ1n) is 16.1. The van der Waals surface area contributed by atoms with Crippen LogP contribution in [-0.4, -0.2) is 23.4 Å². The van der Waals surface area contributed by atoms with E-state index in [1.54, 1.807) is 0 Å². The molecule has 0 unspecified atom stereocenters. The van der Waals surface area contributed by atoms with E-state index in [0.29, 0.717) is 0 Å². The molecule has 0 N–H and O–H groups in total. The van der Waals surface area contributed by atoms with Crippen LogP contribution in [0.4, 0.5) is 11.4 Å². The Morgan fingerprint density at radius 2 is 1.52 bits per heavy atom. The summed E-state index contributed by atoms with van der Waals surface area (Å²) in [6, 6.07) is 13.9. The van der Waals surface area contributed by atoms with Crippen molar-refractivity contribution < 1.29 is 4.58 Å². The van der Waals surface area contributed by atoms with Crippen molar-refractivity contribution in [2.24, 2.45) is 0 Å². The second kappa shape index (κ2) is 12.0. The van der Waals surface area contributed by atoms with Crippen molar-refractivity contribution in [2.45, 2.75) is 105 Å². The number of unbranched alkanes of at least 4 members (excludes halogenated alkanes) is 2. The first kappa shape index (κ1) is 30.6. The molecule has 3 aliphatic rings. The van der Waals surface area contributed by atoms with E-state index in [-0.39, 0.29) is 10.8 Å². The predicted octanol–water partition coefficient (Wildman–Crippen LogP) is 10.7. The standard InChI is InChI=1S/C39H50ClN2/c1-9-11-23-41-33-25-27(3)13-19-31(33)38(5,6)35(41)21-17-29-15-16-30(37(29)40)18-22-36-39(7,8)32-20-14-28(4)26-34(32)42(36)24-12-10-2/h13-14,17-22,25-26H,9-12,15-16,23-24H2,1-8H3/q+1. The average Bonchev–Trinajstić information content (AvgIpc) is 3.47. The van der Waals surface area contributed by atoms with Gasteiger partial charge in [0, 0.05) is 52.5 Å². The molecule has 3 heteroatoms. The van der Waals surface area contributed by atoms with Crippen LogP contribution in [0.3, 0.4) is 0 Å². The summed E-state index contributed by atoms with van der Waals surface area (Å²) in [6.45, 7) is 20.5. The van der Waals surface area contributed by atoms with Crippen LogP contribution in [0.1, 0.15) is 102 Å². The van der Waals surface area contributed by atoms with Crippen molar-refractivity contribution in [3.8, 4) is 0 Å². The maximum Gasteiger partial charge on any atom is 0.210 e. The van der Waals surface area contributed by atoms with E-state index in [9.17, 15) is 0 Å². The van der Waals surface area contributed by atoms with Gasteiger partial charge in [-0.1, -0.05) is 88.6 Å². The van der Waals surface area contributed by atoms with Gasteiger partial charge in [0.1, 0.15) is 6.54 Å². The van der Waals surface area contributed by atoms with Crippen LogP contribution >= 0.6 is 11.6 Å². The van der Waals surface area contributed by atoms with Crippen LogP contribution < -0.4 is 4.90 Å². The van der Waals surface area contributed by atoms with E-state index >= 15 is 0 Å². The zero-order chi connectivity index (χ0) is 30.2. The van der Waals surface area contributed by atoms with Crippen LogP contribution in [0.25, 0.3) is 0 Å². The van der Waals surface area contributed by atoms with Crippen molar-refractivity contribution in [3.63, 3.8) is 0 Å². The maximum atomic E-state index is 7.11. The van der Waals surface area contributed by atoms with Gasteiger partial charge in [-0.25, -0.2) is 0 Å². The van der Waals surface area contributed by atoms with Crippen LogP contribution in [0, 0.1) is 13.8 Å². The molecule has 0 fully saturated rings. The van der Waals surface area contributed by atoms with Gasteiger partial charge < -0.3 is 4.90 Å². The lowest BCUT2D eigenvalue weighted by Gasteiger charge is -2.27. The largest absolute Gasteiger partial charge is 0.344 e. The monoisotopic (exact) mass is 581 g/mol. The van der Waals surface area contributed by atoms with Crippen molar-refractivity contribution in [1.29, 1.82) is 0 Å². The van der Waals surface area contributed by atoms with E-state index in [4.69, 9.17) is 11.6 Å². The molecule has 0 amide bonds. The molecule has 0 saturated heterocycles. The molecule has 222 valence electrons. The second-order valence-corrected chi connectivity index (χ2v) is 14.0. The van der Waals surface area contributed by atoms with Gasteiger partial charge in [0.25, 0.3) is 0 Å². The van der Waals surface area contributed by atoms with Gasteiger partial charge in [-0.05, 0) is 86.9 Å². The molecule has 0 radical (unpaired) electrons. The molecule has 2 aromatic rings. The number of aryl methyl sites for hydroxylation is 2. The van der Waals surface area contributed by atoms with E-state index in [0.717, 1.165) is 31.0 Å². The molecule has 2 heterocycles. The number of hydrogen-bond acceptors (Lipinski definition) is 1. The summed E-state index contributed by atoms with van der Waals surface area (Å²) in [5.74, 6) is 0. The summed E-state index contributed by atoms with van der Waals surface area (Å²) >= 11 is 7.11. The minimum absolute atomic E-state index is 0.0363. The summed E-state index contributed by atoms with van der Waals surface area (Å²) in [7, 11) is 0. The van der Waals surface area contributed by atoms with Gasteiger partial charge >= 0.3 is 0 Å². The van der Waals surface area contributed by atoms with Crippen molar-refractivity contribution in [3.05, 3.63) is 105 Å². The minimum atomic E-state index is -0.0363. The normalized spacial score (nSPS) is 21.0. The Balaban J connectivity index is 1.47. The van der Waals surface area contributed by atoms with E-state index in [1.807, 2.05) is 0 Å². The fourth-order valence-electron chi connectivity index (χ4n) is 7.08. The Morgan fingerprint density at radius 1 is 0.833 bits per heavy atom. The lowest BCUT2D eigenvalue weighted by atomic mass is 9.81. The molecule has 5 rings (SSSR count). The number of hydrogen-bond donors (Lipinski definition) is 0. The third-order valence-corrected chi connectivity index (χ3v) is 10.2. The highest BCUT2D eigenvalue weighted by Gasteiger charge is 2.44. The second-order valence-electron chi connectivity index (χ2n) is 13.6. The molecule has 2 nitrogen and oxygen atoms in total. The summed E-state index contributed by atoms with van der Waals surface area (Å²) in [5.41, 5.74) is 13.4. The van der Waals surface area contributed by atoms with Gasteiger partial charge in [0.05, 0.1) is 5.41 Å². The van der Waals surface area contributed by atoms with Crippen molar-refractivity contribution in [2.75, 3.05) is 18.0 Å². The molecule has 2 aliphatic heterocycles. The summed E-state index contributed by atoms with van der Waals surface area (Å²) in [5, 5.41) is 0.928. The molecule has 0 spiro atoms. The smallest absolute Gasteiger partial charge is 0.210 e. The fraction of sp³-hybridized carbons (Fsp3) is 0.462. The Hall–Kier alpha value is -2.84. The van der Waals surface area contributed by atoms with Crippen LogP contribution in [0.15, 0.2) is 82.6 Å². The highest BCUT2D eigenvalue weighted by atomic mass is 35.5. The summed E-state index contributed by atoms with van der Waals surface area (Å²) in [4.78, 5) is 2.55. The third-order valence-electron chi connectivity index (χ3n) is 9.68. The van der Waals surface area contributed by atoms with Gasteiger partial charge in [0.2, 0.25) is 5.69 Å². The van der Waals surface area contributed by atoms with Crippen molar-refractivity contribution in [1.82, 2.24) is 0 Å². The SMILES string of the molecule is CCCCN1/C(=C/C=C2\CCC(/C=C/C3=[N+](CCCC)c4cc(C)ccc4C3(C)C)=C2Cl)C(C)(C)c2ccc(C)cc21. The Morgan fingerprint density at radius 3 is 2.24 bits per heavy atom. The quantitative estimate of drug-likeness (QED) is 0.267. The van der Waals surface area contributed by atoms with Crippen LogP contribution in [0.5, 0.6) is 0 Å². The number of allylic oxidation sites excluding steroid dienone is 8. The lowest BCUT2D eigenvalue weighted by molar-refractivity contribution is -0.438. The number of anilines is 1. The number of benzene rings is 2. The van der Waals surface area contributed by atoms with Gasteiger partial charge in [-0.3, -0.25) is 0 Å². The number of halogens is 1. The molecule has 1 aliphatic carbocycles. The highest BCUT2D eigenvalue weighted by molar-refractivity contribution is 6.33. The molecule has 42 heavy (non-hydrogen) atoms.